The molecule has 1 aromatic heterocycles. The molecule has 0 saturated carbocycles. The van der Waals surface area contributed by atoms with Crippen molar-refractivity contribution in [2.75, 3.05) is 20.2 Å². The number of imidazole rings is 1. The van der Waals surface area contributed by atoms with E-state index in [9.17, 15) is 36.3 Å². The standard InChI is InChI=1S/C22H23F5IN5O4/c1-11-5-15(24)12(7-14(11)23)6-13(31-28)8-17(34)32-3-4-33-16(10-32)19(30-21(33)22(25,26)27)20(36)29-9-18(35)37-2/h5,7,13,31H,3-4,6,8-10H2,1-2H3,(H,29,36)/t13-/m1/s1. The molecule has 0 unspecified atom stereocenters. The van der Waals surface area contributed by atoms with Gasteiger partial charge >= 0.3 is 12.1 Å². The molecule has 1 aliphatic rings. The molecule has 0 radical (unpaired) electrons. The Kier molecular flexibility index (Phi) is 9.09. The Bertz CT molecular complexity index is 1200. The fourth-order valence-electron chi connectivity index (χ4n) is 3.89. The lowest BCUT2D eigenvalue weighted by Gasteiger charge is -2.30. The van der Waals surface area contributed by atoms with Crippen LogP contribution < -0.4 is 8.85 Å². The van der Waals surface area contributed by atoms with Crippen molar-refractivity contribution in [1.29, 1.82) is 0 Å². The van der Waals surface area contributed by atoms with E-state index < -0.39 is 59.7 Å². The number of carbonyl (C=O) groups excluding carboxylic acids is 3. The quantitative estimate of drug-likeness (QED) is 0.199. The third kappa shape index (κ3) is 6.74. The van der Waals surface area contributed by atoms with Crippen LogP contribution in [0.4, 0.5) is 22.0 Å². The van der Waals surface area contributed by atoms with Crippen LogP contribution in [0.3, 0.4) is 0 Å². The van der Waals surface area contributed by atoms with Gasteiger partial charge in [0.05, 0.1) is 19.3 Å². The summed E-state index contributed by atoms with van der Waals surface area (Å²) in [6, 6.07) is 1.52. The number of esters is 1. The summed E-state index contributed by atoms with van der Waals surface area (Å²) in [4.78, 5) is 41.6. The van der Waals surface area contributed by atoms with Crippen molar-refractivity contribution in [2.45, 2.75) is 45.1 Å². The second-order valence-electron chi connectivity index (χ2n) is 8.36. The van der Waals surface area contributed by atoms with Gasteiger partial charge in [0, 0.05) is 48.4 Å². The number of amides is 2. The monoisotopic (exact) mass is 643 g/mol. The Balaban J connectivity index is 1.79. The number of fused-ring (bicyclic) bond motifs is 1. The molecular formula is C22H23F5IN5O4. The molecule has 1 aromatic carbocycles. The number of halogens is 6. The lowest BCUT2D eigenvalue weighted by atomic mass is 10.0. The number of alkyl halides is 3. The van der Waals surface area contributed by atoms with Crippen LogP contribution in [0.25, 0.3) is 0 Å². The Morgan fingerprint density at radius 1 is 1.19 bits per heavy atom. The predicted molar refractivity (Wildman–Crippen MR) is 127 cm³/mol. The zero-order valence-electron chi connectivity index (χ0n) is 19.7. The molecule has 0 bridgehead atoms. The summed E-state index contributed by atoms with van der Waals surface area (Å²) >= 11 is 1.78. The minimum absolute atomic E-state index is 0.0110. The van der Waals surface area contributed by atoms with Crippen molar-refractivity contribution in [2.24, 2.45) is 0 Å². The van der Waals surface area contributed by atoms with Crippen LogP contribution in [0, 0.1) is 18.6 Å². The normalized spacial score (nSPS) is 14.2. The highest BCUT2D eigenvalue weighted by Gasteiger charge is 2.41. The van der Waals surface area contributed by atoms with Crippen molar-refractivity contribution in [3.8, 4) is 0 Å². The zero-order chi connectivity index (χ0) is 27.5. The SMILES string of the molecule is COC(=O)CNC(=O)c1nc(C(F)(F)F)n2c1CN(C(=O)C[C@@H](Cc1cc(F)c(C)cc1F)NI)CC2. The van der Waals surface area contributed by atoms with E-state index in [0.29, 0.717) is 0 Å². The second-order valence-corrected chi connectivity index (χ2v) is 8.98. The Morgan fingerprint density at radius 3 is 2.51 bits per heavy atom. The van der Waals surface area contributed by atoms with Crippen LogP contribution in [-0.2, 0) is 40.0 Å². The predicted octanol–water partition coefficient (Wildman–Crippen LogP) is 2.67. The molecule has 9 nitrogen and oxygen atoms in total. The minimum atomic E-state index is -4.86. The fourth-order valence-corrected chi connectivity index (χ4v) is 4.33. The largest absolute Gasteiger partial charge is 0.468 e. The molecule has 1 aliphatic heterocycles. The van der Waals surface area contributed by atoms with E-state index in [2.05, 4.69) is 18.6 Å². The van der Waals surface area contributed by atoms with Crippen LogP contribution in [0.15, 0.2) is 12.1 Å². The maximum atomic E-state index is 14.3. The van der Waals surface area contributed by atoms with Gasteiger partial charge in [-0.2, -0.15) is 13.2 Å². The van der Waals surface area contributed by atoms with Crippen LogP contribution in [-0.4, -0.2) is 58.5 Å². The third-order valence-electron chi connectivity index (χ3n) is 5.82. The number of nitrogens with one attached hydrogen (secondary N) is 2. The van der Waals surface area contributed by atoms with Crippen molar-refractivity contribution < 1.29 is 41.1 Å². The third-order valence-corrected chi connectivity index (χ3v) is 6.70. The van der Waals surface area contributed by atoms with Crippen LogP contribution >= 0.6 is 22.9 Å². The van der Waals surface area contributed by atoms with Crippen molar-refractivity contribution in [3.05, 3.63) is 52.1 Å². The minimum Gasteiger partial charge on any atom is -0.468 e. The molecule has 2 amide bonds. The summed E-state index contributed by atoms with van der Waals surface area (Å²) in [5.74, 6) is -4.80. The summed E-state index contributed by atoms with van der Waals surface area (Å²) in [5, 5.41) is 2.15. The highest BCUT2D eigenvalue weighted by Crippen LogP contribution is 2.32. The van der Waals surface area contributed by atoms with E-state index in [1.807, 2.05) is 0 Å². The Morgan fingerprint density at radius 2 is 1.89 bits per heavy atom. The first-order valence-electron chi connectivity index (χ1n) is 11.0. The smallest absolute Gasteiger partial charge is 0.449 e. The number of aryl methyl sites for hydroxylation is 1. The van der Waals surface area contributed by atoms with Gasteiger partial charge in [0.2, 0.25) is 11.7 Å². The molecule has 0 aliphatic carbocycles. The Labute approximate surface area is 222 Å². The Hall–Kier alpha value is -2.82. The van der Waals surface area contributed by atoms with Gasteiger partial charge in [-0.15, -0.1) is 0 Å². The molecule has 15 heteroatoms. The van der Waals surface area contributed by atoms with Gasteiger partial charge in [-0.25, -0.2) is 13.8 Å². The van der Waals surface area contributed by atoms with Gasteiger partial charge in [0.1, 0.15) is 18.2 Å². The molecule has 2 N–H and O–H groups in total. The first-order chi connectivity index (χ1) is 17.3. The number of ether oxygens (including phenoxy) is 1. The molecule has 2 heterocycles. The average Bonchev–Trinajstić information content (AvgIpc) is 3.24. The van der Waals surface area contributed by atoms with Gasteiger partial charge in [-0.1, -0.05) is 0 Å². The number of carbonyl (C=O) groups is 3. The number of benzene rings is 1. The van der Waals surface area contributed by atoms with Crippen molar-refractivity contribution in [1.82, 2.24) is 23.3 Å². The van der Waals surface area contributed by atoms with Crippen LogP contribution in [0.5, 0.6) is 0 Å². The number of hydrogen-bond acceptors (Lipinski definition) is 6. The fraction of sp³-hybridized carbons (Fsp3) is 0.455. The molecule has 0 saturated heterocycles. The molecular weight excluding hydrogens is 620 g/mol. The first-order valence-corrected chi connectivity index (χ1v) is 12.0. The number of nitrogens with zero attached hydrogens (tertiary/aromatic N) is 3. The van der Waals surface area contributed by atoms with Crippen LogP contribution in [0.1, 0.15) is 39.6 Å². The second kappa shape index (κ2) is 11.7. The van der Waals surface area contributed by atoms with E-state index >= 15 is 0 Å². The van der Waals surface area contributed by atoms with E-state index in [1.165, 1.54) is 11.8 Å². The first kappa shape index (κ1) is 28.7. The van der Waals surface area contributed by atoms with Gasteiger partial charge in [0.15, 0.2) is 5.69 Å². The zero-order valence-corrected chi connectivity index (χ0v) is 21.9. The van der Waals surface area contributed by atoms with Crippen LogP contribution in [0.2, 0.25) is 0 Å². The molecule has 37 heavy (non-hydrogen) atoms. The number of methoxy groups -OCH3 is 1. The van der Waals surface area contributed by atoms with Gasteiger partial charge in [0.25, 0.3) is 5.91 Å². The van der Waals surface area contributed by atoms with Crippen molar-refractivity contribution >= 4 is 40.6 Å². The maximum absolute atomic E-state index is 14.3. The van der Waals surface area contributed by atoms with Gasteiger partial charge in [-0.05, 0) is 36.6 Å². The number of rotatable bonds is 8. The molecule has 0 spiro atoms. The number of aromatic nitrogens is 2. The number of hydrogen-bond donors (Lipinski definition) is 2. The summed E-state index contributed by atoms with van der Waals surface area (Å²) in [6.45, 7) is 0.146. The van der Waals surface area contributed by atoms with Gasteiger partial charge < -0.3 is 19.5 Å². The lowest BCUT2D eigenvalue weighted by molar-refractivity contribution is -0.148. The summed E-state index contributed by atoms with van der Waals surface area (Å²) in [7, 11) is 1.08. The summed E-state index contributed by atoms with van der Waals surface area (Å²) < 4.78 is 76.9. The lowest BCUT2D eigenvalue weighted by Crippen LogP contribution is -2.42. The topological polar surface area (TPSA) is 106 Å². The van der Waals surface area contributed by atoms with E-state index in [-0.39, 0.29) is 49.3 Å². The molecule has 0 fully saturated rings. The average molecular weight is 643 g/mol. The summed E-state index contributed by atoms with van der Waals surface area (Å²) in [5.41, 5.74) is -0.485. The molecule has 3 rings (SSSR count). The maximum Gasteiger partial charge on any atom is 0.449 e. The summed E-state index contributed by atoms with van der Waals surface area (Å²) in [6.07, 6.45) is -5.03. The van der Waals surface area contributed by atoms with E-state index in [0.717, 1.165) is 23.8 Å². The highest BCUT2D eigenvalue weighted by atomic mass is 127. The van der Waals surface area contributed by atoms with Crippen molar-refractivity contribution in [3.63, 3.8) is 0 Å². The molecule has 2 aromatic rings. The van der Waals surface area contributed by atoms with Gasteiger partial charge in [-0.3, -0.25) is 17.9 Å². The molecule has 1 atom stereocenters. The highest BCUT2D eigenvalue weighted by molar-refractivity contribution is 14.1. The van der Waals surface area contributed by atoms with E-state index in [4.69, 9.17) is 0 Å². The molecule has 202 valence electrons. The van der Waals surface area contributed by atoms with E-state index in [1.54, 1.807) is 22.9 Å².